The molecule has 0 fully saturated rings. The van der Waals surface area contributed by atoms with E-state index in [9.17, 15) is 0 Å². The maximum atomic E-state index is 7.80. The minimum absolute atomic E-state index is 0. The summed E-state index contributed by atoms with van der Waals surface area (Å²) in [4.78, 5) is 0. The molecule has 0 unspecified atom stereocenters. The third-order valence-electron chi connectivity index (χ3n) is 0.1000. The monoisotopic (exact) mass is 109 g/mol. The lowest BCUT2D eigenvalue weighted by molar-refractivity contribution is 0.323. The zero-order valence-electron chi connectivity index (χ0n) is 2.76. The lowest BCUT2D eigenvalue weighted by Gasteiger charge is -1.69. The Morgan fingerprint density at radius 2 is 1.80 bits per heavy atom. The molecule has 3 radical (unpaired) electrons. The van der Waals surface area contributed by atoms with Crippen molar-refractivity contribution < 1.29 is 5.11 Å². The van der Waals surface area contributed by atoms with Crippen LogP contribution >= 0.6 is 22.5 Å². The van der Waals surface area contributed by atoms with Crippen LogP contribution in [0.3, 0.4) is 0 Å². The molecule has 0 heterocycles. The average molecular weight is 109 g/mol. The van der Waals surface area contributed by atoms with E-state index in [1.165, 1.54) is 0 Å². The highest BCUT2D eigenvalue weighted by Crippen LogP contribution is 1.61. The summed E-state index contributed by atoms with van der Waals surface area (Å²) in [5.74, 6) is 0.569. The van der Waals surface area contributed by atoms with Crippen LogP contribution in [0.25, 0.3) is 0 Å². The van der Waals surface area contributed by atoms with Crippen LogP contribution in [0.4, 0.5) is 0 Å². The standard InChI is InChI=1S/C2H6OS.P/c3-1-2-4;/h3-4H,1-2H2;. The summed E-state index contributed by atoms with van der Waals surface area (Å²) < 4.78 is 0. The summed E-state index contributed by atoms with van der Waals surface area (Å²) in [6.45, 7) is 0.184. The first-order chi connectivity index (χ1) is 1.91. The Morgan fingerprint density at radius 3 is 1.80 bits per heavy atom. The fraction of sp³-hybridized carbons (Fsp3) is 1.00. The molecule has 0 saturated heterocycles. The molecule has 0 aromatic heterocycles. The van der Waals surface area contributed by atoms with Crippen molar-refractivity contribution in [1.29, 1.82) is 0 Å². The van der Waals surface area contributed by atoms with E-state index in [0.717, 1.165) is 0 Å². The predicted molar refractivity (Wildman–Crippen MR) is 27.9 cm³/mol. The van der Waals surface area contributed by atoms with Crippen molar-refractivity contribution in [1.82, 2.24) is 0 Å². The second-order valence-electron chi connectivity index (χ2n) is 0.447. The second kappa shape index (κ2) is 8.83. The third kappa shape index (κ3) is 11.8. The molecule has 0 rings (SSSR count). The molecule has 0 aromatic rings. The molecule has 31 valence electrons. The normalized spacial score (nSPS) is 6.00. The number of hydrogen-bond acceptors (Lipinski definition) is 2. The number of hydrogen-bond donors (Lipinski definition) is 2. The van der Waals surface area contributed by atoms with Gasteiger partial charge in [0.15, 0.2) is 0 Å². The van der Waals surface area contributed by atoms with Crippen molar-refractivity contribution in [3.05, 3.63) is 0 Å². The fourth-order valence-electron chi connectivity index (χ4n) is 0. The molecule has 0 aliphatic rings. The Kier molecular flexibility index (Phi) is 16.3. The zero-order chi connectivity index (χ0) is 3.41. The van der Waals surface area contributed by atoms with Crippen molar-refractivity contribution in [3.8, 4) is 0 Å². The van der Waals surface area contributed by atoms with Gasteiger partial charge in [-0.15, -0.1) is 0 Å². The molecule has 0 aliphatic heterocycles. The van der Waals surface area contributed by atoms with Gasteiger partial charge < -0.3 is 5.11 Å². The second-order valence-corrected chi connectivity index (χ2v) is 0.894. The van der Waals surface area contributed by atoms with Gasteiger partial charge in [0.2, 0.25) is 0 Å². The molecular formula is C2H6OPS. The van der Waals surface area contributed by atoms with Gasteiger partial charge in [-0.3, -0.25) is 0 Å². The summed E-state index contributed by atoms with van der Waals surface area (Å²) in [6, 6.07) is 0. The van der Waals surface area contributed by atoms with Gasteiger partial charge in [0.05, 0.1) is 6.61 Å². The van der Waals surface area contributed by atoms with Crippen LogP contribution in [0.15, 0.2) is 0 Å². The van der Waals surface area contributed by atoms with E-state index in [2.05, 4.69) is 12.6 Å². The fourth-order valence-corrected chi connectivity index (χ4v) is 0. The SMILES string of the molecule is OCCS.[P]. The first-order valence-corrected chi connectivity index (χ1v) is 1.76. The average Bonchev–Trinajstić information content (AvgIpc) is 1.37. The van der Waals surface area contributed by atoms with E-state index in [0.29, 0.717) is 5.75 Å². The maximum Gasteiger partial charge on any atom is 0.0519 e. The molecule has 5 heavy (non-hydrogen) atoms. The van der Waals surface area contributed by atoms with Gasteiger partial charge in [0.25, 0.3) is 0 Å². The van der Waals surface area contributed by atoms with Crippen LogP contribution in [0, 0.1) is 0 Å². The molecule has 0 spiro atoms. The summed E-state index contributed by atoms with van der Waals surface area (Å²) >= 11 is 3.67. The number of thiol groups is 1. The van der Waals surface area contributed by atoms with Gasteiger partial charge in [-0.25, -0.2) is 0 Å². The lowest BCUT2D eigenvalue weighted by Crippen LogP contribution is -1.76. The highest BCUT2D eigenvalue weighted by Gasteiger charge is 1.57. The number of rotatable bonds is 1. The molecule has 0 atom stereocenters. The van der Waals surface area contributed by atoms with E-state index >= 15 is 0 Å². The van der Waals surface area contributed by atoms with Gasteiger partial charge in [-0.05, 0) is 0 Å². The van der Waals surface area contributed by atoms with Gasteiger partial charge in [0, 0.05) is 15.7 Å². The Balaban J connectivity index is 0. The zero-order valence-corrected chi connectivity index (χ0v) is 4.54. The minimum Gasteiger partial charge on any atom is -0.396 e. The first kappa shape index (κ1) is 9.22. The van der Waals surface area contributed by atoms with Crippen molar-refractivity contribution in [2.24, 2.45) is 0 Å². The van der Waals surface area contributed by atoms with E-state index < -0.39 is 0 Å². The van der Waals surface area contributed by atoms with Crippen molar-refractivity contribution in [2.45, 2.75) is 0 Å². The Hall–Kier alpha value is 0.740. The summed E-state index contributed by atoms with van der Waals surface area (Å²) in [6.07, 6.45) is 0. The summed E-state index contributed by atoms with van der Waals surface area (Å²) in [7, 11) is 0. The van der Waals surface area contributed by atoms with Crippen molar-refractivity contribution in [2.75, 3.05) is 12.4 Å². The molecule has 0 aliphatic carbocycles. The van der Waals surface area contributed by atoms with Gasteiger partial charge in [-0.2, -0.15) is 12.6 Å². The molecular weight excluding hydrogens is 103 g/mol. The molecule has 0 saturated carbocycles. The molecule has 0 aromatic carbocycles. The lowest BCUT2D eigenvalue weighted by atomic mass is 10.9. The highest BCUT2D eigenvalue weighted by molar-refractivity contribution is 7.80. The largest absolute Gasteiger partial charge is 0.396 e. The third-order valence-corrected chi connectivity index (χ3v) is 0.300. The maximum absolute atomic E-state index is 7.80. The molecule has 0 bridgehead atoms. The van der Waals surface area contributed by atoms with Crippen LogP contribution in [0.2, 0.25) is 0 Å². The topological polar surface area (TPSA) is 20.2 Å². The Morgan fingerprint density at radius 1 is 1.60 bits per heavy atom. The van der Waals surface area contributed by atoms with Crippen LogP contribution in [0.1, 0.15) is 0 Å². The number of aliphatic hydroxyl groups is 1. The van der Waals surface area contributed by atoms with Crippen LogP contribution in [-0.2, 0) is 0 Å². The van der Waals surface area contributed by atoms with Crippen LogP contribution < -0.4 is 0 Å². The van der Waals surface area contributed by atoms with E-state index in [4.69, 9.17) is 5.11 Å². The van der Waals surface area contributed by atoms with E-state index in [-0.39, 0.29) is 16.5 Å². The Labute approximate surface area is 40.8 Å². The van der Waals surface area contributed by atoms with Gasteiger partial charge >= 0.3 is 0 Å². The Bertz CT molecular complexity index is 11.6. The first-order valence-electron chi connectivity index (χ1n) is 1.13. The van der Waals surface area contributed by atoms with Crippen molar-refractivity contribution in [3.63, 3.8) is 0 Å². The minimum atomic E-state index is 0. The predicted octanol–water partition coefficient (Wildman–Crippen LogP) is 0.770. The summed E-state index contributed by atoms with van der Waals surface area (Å²) in [5, 5.41) is 7.80. The van der Waals surface area contributed by atoms with Crippen molar-refractivity contribution >= 4 is 22.5 Å². The van der Waals surface area contributed by atoms with E-state index in [1.54, 1.807) is 0 Å². The highest BCUT2D eigenvalue weighted by atomic mass is 32.1. The molecule has 1 nitrogen and oxygen atoms in total. The molecule has 0 amide bonds. The molecule has 3 heteroatoms. The van der Waals surface area contributed by atoms with Crippen LogP contribution in [0.5, 0.6) is 0 Å². The van der Waals surface area contributed by atoms with Gasteiger partial charge in [-0.1, -0.05) is 0 Å². The van der Waals surface area contributed by atoms with Crippen LogP contribution in [-0.4, -0.2) is 17.5 Å². The smallest absolute Gasteiger partial charge is 0.0519 e. The van der Waals surface area contributed by atoms with E-state index in [1.807, 2.05) is 0 Å². The van der Waals surface area contributed by atoms with Gasteiger partial charge in [0.1, 0.15) is 0 Å². The summed E-state index contributed by atoms with van der Waals surface area (Å²) in [5.41, 5.74) is 0. The number of aliphatic hydroxyl groups excluding tert-OH is 1. The molecule has 1 N–H and O–H groups in total. The quantitative estimate of drug-likeness (QED) is 0.376.